The third kappa shape index (κ3) is 4.51. The molecule has 0 aliphatic carbocycles. The number of hydrogen-bond acceptors (Lipinski definition) is 3. The fourth-order valence-corrected chi connectivity index (χ4v) is 3.76. The van der Waals surface area contributed by atoms with Gasteiger partial charge in [0.05, 0.1) is 16.8 Å². The molecule has 2 aromatic rings. The molecule has 0 bridgehead atoms. The molecule has 1 aromatic carbocycles. The molecule has 0 spiro atoms. The number of amides is 1. The molecule has 0 aliphatic rings. The zero-order chi connectivity index (χ0) is 15.9. The first-order valence-corrected chi connectivity index (χ1v) is 9.20. The Morgan fingerprint density at radius 2 is 2.23 bits per heavy atom. The van der Waals surface area contributed by atoms with E-state index in [1.54, 1.807) is 11.3 Å². The smallest absolute Gasteiger partial charge is 0.248 e. The van der Waals surface area contributed by atoms with Gasteiger partial charge in [-0.3, -0.25) is 4.79 Å². The number of carbonyl (C=O) groups excluding carboxylic acids is 1. The third-order valence-electron chi connectivity index (χ3n) is 3.27. The normalized spacial score (nSPS) is 12.2. The van der Waals surface area contributed by atoms with Gasteiger partial charge in [-0.25, -0.2) is 0 Å². The molecule has 0 saturated heterocycles. The van der Waals surface area contributed by atoms with Crippen molar-refractivity contribution in [3.8, 4) is 0 Å². The molecular weight excluding hydrogens is 364 g/mol. The van der Waals surface area contributed by atoms with Crippen LogP contribution in [0.15, 0.2) is 27.7 Å². The highest BCUT2D eigenvalue weighted by atomic mass is 79.9. The van der Waals surface area contributed by atoms with E-state index in [-0.39, 0.29) is 5.91 Å². The number of nitrogens with zero attached hydrogens (tertiary/aromatic N) is 2. The molecule has 6 heteroatoms. The highest BCUT2D eigenvalue weighted by Crippen LogP contribution is 2.22. The molecule has 22 heavy (non-hydrogen) atoms. The van der Waals surface area contributed by atoms with Gasteiger partial charge in [-0.05, 0) is 31.5 Å². The van der Waals surface area contributed by atoms with E-state index in [9.17, 15) is 4.79 Å². The molecule has 1 amide bonds. The van der Waals surface area contributed by atoms with Gasteiger partial charge in [0.2, 0.25) is 5.91 Å². The summed E-state index contributed by atoms with van der Waals surface area (Å²) in [7, 11) is 0. The van der Waals surface area contributed by atoms with Crippen LogP contribution in [-0.4, -0.2) is 23.7 Å². The largest absolute Gasteiger partial charge is 0.380 e. The van der Waals surface area contributed by atoms with Crippen molar-refractivity contribution in [1.82, 2.24) is 4.57 Å². The summed E-state index contributed by atoms with van der Waals surface area (Å²) in [4.78, 5) is 17.1. The zero-order valence-electron chi connectivity index (χ0n) is 13.0. The summed E-state index contributed by atoms with van der Waals surface area (Å²) < 4.78 is 9.68. The number of fused-ring (bicyclic) bond motifs is 1. The number of hydrogen-bond donors (Lipinski definition) is 0. The Kier molecular flexibility index (Phi) is 6.79. The molecule has 0 radical (unpaired) electrons. The molecule has 0 N–H and O–H groups in total. The average molecular weight is 385 g/mol. The maximum atomic E-state index is 12.0. The standard InChI is InChI=1S/C16H21BrN2O2S/c1-3-5-6-15(20)18-16-19(9-10-21-4-2)13-8-7-12(17)11-14(13)22-16/h7-8,11H,3-6,9-10H2,1-2H3. The van der Waals surface area contributed by atoms with E-state index in [2.05, 4.69) is 44.5 Å². The molecule has 0 atom stereocenters. The van der Waals surface area contributed by atoms with Gasteiger partial charge in [0.1, 0.15) is 0 Å². The minimum atomic E-state index is -0.0439. The molecule has 0 unspecified atom stereocenters. The van der Waals surface area contributed by atoms with E-state index >= 15 is 0 Å². The summed E-state index contributed by atoms with van der Waals surface area (Å²) in [6.45, 7) is 6.07. The summed E-state index contributed by atoms with van der Waals surface area (Å²) in [6.07, 6.45) is 2.41. The van der Waals surface area contributed by atoms with Crippen molar-refractivity contribution >= 4 is 43.4 Å². The number of rotatable bonds is 7. The zero-order valence-corrected chi connectivity index (χ0v) is 15.4. The predicted molar refractivity (Wildman–Crippen MR) is 94.1 cm³/mol. The molecule has 2 rings (SSSR count). The van der Waals surface area contributed by atoms with Crippen molar-refractivity contribution in [3.63, 3.8) is 0 Å². The van der Waals surface area contributed by atoms with E-state index in [1.807, 2.05) is 13.0 Å². The fourth-order valence-electron chi connectivity index (χ4n) is 2.14. The fraction of sp³-hybridized carbons (Fsp3) is 0.500. The van der Waals surface area contributed by atoms with Gasteiger partial charge in [0.25, 0.3) is 0 Å². The van der Waals surface area contributed by atoms with E-state index in [4.69, 9.17) is 4.74 Å². The van der Waals surface area contributed by atoms with Crippen LogP contribution in [0.1, 0.15) is 33.1 Å². The molecule has 4 nitrogen and oxygen atoms in total. The number of thiazole rings is 1. The van der Waals surface area contributed by atoms with Crippen molar-refractivity contribution in [3.05, 3.63) is 27.5 Å². The lowest BCUT2D eigenvalue weighted by Gasteiger charge is -2.05. The quantitative estimate of drug-likeness (QED) is 0.673. The second-order valence-corrected chi connectivity index (χ2v) is 6.88. The topological polar surface area (TPSA) is 43.6 Å². The lowest BCUT2D eigenvalue weighted by molar-refractivity contribution is -0.118. The number of unbranched alkanes of at least 4 members (excludes halogenated alkanes) is 1. The minimum Gasteiger partial charge on any atom is -0.380 e. The summed E-state index contributed by atoms with van der Waals surface area (Å²) in [5.74, 6) is -0.0439. The molecule has 120 valence electrons. The second-order valence-electron chi connectivity index (χ2n) is 4.95. The summed E-state index contributed by atoms with van der Waals surface area (Å²) in [5, 5.41) is 0. The number of carbonyl (C=O) groups is 1. The number of halogens is 1. The summed E-state index contributed by atoms with van der Waals surface area (Å²) in [5.41, 5.74) is 1.09. The van der Waals surface area contributed by atoms with Gasteiger partial charge in [-0.15, -0.1) is 0 Å². The first kappa shape index (κ1) is 17.4. The van der Waals surface area contributed by atoms with E-state index in [0.717, 1.165) is 32.3 Å². The highest BCUT2D eigenvalue weighted by molar-refractivity contribution is 9.10. The molecule has 0 fully saturated rings. The van der Waals surface area contributed by atoms with Crippen LogP contribution in [0.25, 0.3) is 10.2 Å². The van der Waals surface area contributed by atoms with Crippen molar-refractivity contribution in [2.24, 2.45) is 4.99 Å². The highest BCUT2D eigenvalue weighted by Gasteiger charge is 2.08. The SMILES string of the molecule is CCCCC(=O)N=c1sc2cc(Br)ccc2n1CCOCC. The monoisotopic (exact) mass is 384 g/mol. The van der Waals surface area contributed by atoms with E-state index in [1.165, 1.54) is 0 Å². The predicted octanol–water partition coefficient (Wildman–Crippen LogP) is 4.12. The van der Waals surface area contributed by atoms with Gasteiger partial charge in [-0.2, -0.15) is 4.99 Å². The number of aromatic nitrogens is 1. The maximum Gasteiger partial charge on any atom is 0.248 e. The second kappa shape index (κ2) is 8.60. The van der Waals surface area contributed by atoms with E-state index < -0.39 is 0 Å². The summed E-state index contributed by atoms with van der Waals surface area (Å²) >= 11 is 5.04. The molecule has 0 aliphatic heterocycles. The molecular formula is C16H21BrN2O2S. The van der Waals surface area contributed by atoms with Gasteiger partial charge in [0, 0.05) is 24.0 Å². The van der Waals surface area contributed by atoms with Crippen LogP contribution in [0.2, 0.25) is 0 Å². The molecule has 1 aromatic heterocycles. The van der Waals surface area contributed by atoms with Gasteiger partial charge in [-0.1, -0.05) is 40.6 Å². The Labute approximate surface area is 143 Å². The minimum absolute atomic E-state index is 0.0439. The van der Waals surface area contributed by atoms with Crippen molar-refractivity contribution in [1.29, 1.82) is 0 Å². The van der Waals surface area contributed by atoms with E-state index in [0.29, 0.717) is 26.2 Å². The first-order valence-electron chi connectivity index (χ1n) is 7.60. The Bertz CT molecular complexity index is 706. The van der Waals surface area contributed by atoms with Crippen molar-refractivity contribution in [2.45, 2.75) is 39.7 Å². The lowest BCUT2D eigenvalue weighted by atomic mass is 10.2. The van der Waals surface area contributed by atoms with Crippen LogP contribution in [0.5, 0.6) is 0 Å². The van der Waals surface area contributed by atoms with Crippen molar-refractivity contribution < 1.29 is 9.53 Å². The van der Waals surface area contributed by atoms with Gasteiger partial charge >= 0.3 is 0 Å². The van der Waals surface area contributed by atoms with Crippen LogP contribution in [-0.2, 0) is 16.1 Å². The number of ether oxygens (including phenoxy) is 1. The van der Waals surface area contributed by atoms with Crippen LogP contribution in [0, 0.1) is 0 Å². The van der Waals surface area contributed by atoms with Crippen LogP contribution in [0.4, 0.5) is 0 Å². The Morgan fingerprint density at radius 3 is 2.95 bits per heavy atom. The average Bonchev–Trinajstić information content (AvgIpc) is 2.82. The lowest BCUT2D eigenvalue weighted by Crippen LogP contribution is -2.19. The van der Waals surface area contributed by atoms with Gasteiger partial charge < -0.3 is 9.30 Å². The Balaban J connectivity index is 2.39. The molecule has 1 heterocycles. The van der Waals surface area contributed by atoms with Crippen LogP contribution in [0.3, 0.4) is 0 Å². The first-order chi connectivity index (χ1) is 10.7. The molecule has 0 saturated carbocycles. The van der Waals surface area contributed by atoms with Crippen LogP contribution >= 0.6 is 27.3 Å². The number of benzene rings is 1. The third-order valence-corrected chi connectivity index (χ3v) is 4.81. The van der Waals surface area contributed by atoms with Crippen LogP contribution < -0.4 is 4.80 Å². The summed E-state index contributed by atoms with van der Waals surface area (Å²) in [6, 6.07) is 6.12. The Morgan fingerprint density at radius 1 is 1.41 bits per heavy atom. The van der Waals surface area contributed by atoms with Crippen molar-refractivity contribution in [2.75, 3.05) is 13.2 Å². The van der Waals surface area contributed by atoms with Gasteiger partial charge in [0.15, 0.2) is 4.80 Å². The maximum absolute atomic E-state index is 12.0. The Hall–Kier alpha value is -0.980.